The van der Waals surface area contributed by atoms with Crippen molar-refractivity contribution in [2.75, 3.05) is 20.3 Å². The van der Waals surface area contributed by atoms with Crippen molar-refractivity contribution < 1.29 is 28.6 Å². The van der Waals surface area contributed by atoms with Gasteiger partial charge < -0.3 is 24.8 Å². The van der Waals surface area contributed by atoms with E-state index in [2.05, 4.69) is 34.3 Å². The third kappa shape index (κ3) is 9.92. The van der Waals surface area contributed by atoms with Gasteiger partial charge in [0.25, 0.3) is 0 Å². The highest BCUT2D eigenvalue weighted by Gasteiger charge is 2.11. The van der Waals surface area contributed by atoms with Crippen molar-refractivity contribution in [3.63, 3.8) is 0 Å². The van der Waals surface area contributed by atoms with Gasteiger partial charge in [-0.15, -0.1) is 0 Å². The Hall–Kier alpha value is -5.21. The Morgan fingerprint density at radius 2 is 1.27 bits per heavy atom. The summed E-state index contributed by atoms with van der Waals surface area (Å²) < 4.78 is 15.0. The van der Waals surface area contributed by atoms with Gasteiger partial charge in [0.1, 0.15) is 0 Å². The Morgan fingerprint density at radius 1 is 0.725 bits per heavy atom. The highest BCUT2D eigenvalue weighted by molar-refractivity contribution is 5.92. The highest BCUT2D eigenvalue weighted by Crippen LogP contribution is 2.12. The van der Waals surface area contributed by atoms with Gasteiger partial charge >= 0.3 is 18.2 Å². The van der Waals surface area contributed by atoms with E-state index >= 15 is 0 Å². The van der Waals surface area contributed by atoms with Crippen LogP contribution >= 0.6 is 0 Å². The molecule has 0 bridgehead atoms. The molecule has 0 fully saturated rings. The van der Waals surface area contributed by atoms with Crippen LogP contribution in [0.5, 0.6) is 0 Å². The number of alkyl carbamates (subject to hydrolysis) is 2. The molecule has 3 aromatic carbocycles. The van der Waals surface area contributed by atoms with Gasteiger partial charge in [0.05, 0.1) is 12.7 Å². The van der Waals surface area contributed by atoms with Crippen LogP contribution in [-0.4, -0.2) is 38.5 Å². The molecule has 0 aliphatic rings. The minimum atomic E-state index is -0.597. The third-order valence-corrected chi connectivity index (χ3v) is 5.47. The van der Waals surface area contributed by atoms with E-state index in [0.29, 0.717) is 24.2 Å². The number of benzene rings is 3. The number of aryl methyl sites for hydroxylation is 2. The first-order valence-electron chi connectivity index (χ1n) is 12.5. The molecular formula is C32H30N2O6. The number of methoxy groups -OCH3 is 1. The molecule has 0 saturated heterocycles. The van der Waals surface area contributed by atoms with Gasteiger partial charge in [0.15, 0.2) is 13.2 Å². The number of carbonyl (C=O) groups excluding carboxylic acids is 3. The van der Waals surface area contributed by atoms with Crippen LogP contribution < -0.4 is 10.6 Å². The van der Waals surface area contributed by atoms with Crippen molar-refractivity contribution >= 4 is 18.2 Å². The lowest BCUT2D eigenvalue weighted by molar-refractivity contribution is 0.0600. The Kier molecular flexibility index (Phi) is 11.2. The number of rotatable bonds is 7. The first-order valence-corrected chi connectivity index (χ1v) is 12.5. The molecule has 2 amide bonds. The van der Waals surface area contributed by atoms with Crippen LogP contribution in [0.2, 0.25) is 0 Å². The minimum absolute atomic E-state index is 0.127. The van der Waals surface area contributed by atoms with Gasteiger partial charge in [-0.05, 0) is 43.2 Å². The molecule has 0 spiro atoms. The molecule has 0 aliphatic heterocycles. The Labute approximate surface area is 234 Å². The Balaban J connectivity index is 1.50. The number of nitrogens with one attached hydrogen (secondary N) is 2. The van der Waals surface area contributed by atoms with Crippen LogP contribution in [0.25, 0.3) is 0 Å². The second-order valence-electron chi connectivity index (χ2n) is 8.69. The molecule has 2 N–H and O–H groups in total. The maximum atomic E-state index is 12.3. The molecule has 0 heterocycles. The summed E-state index contributed by atoms with van der Waals surface area (Å²) in [5.74, 6) is 10.6. The summed E-state index contributed by atoms with van der Waals surface area (Å²) in [6.45, 7) is 4.35. The van der Waals surface area contributed by atoms with Crippen LogP contribution in [0.1, 0.15) is 43.7 Å². The molecule has 3 rings (SSSR count). The molecule has 0 saturated carbocycles. The van der Waals surface area contributed by atoms with E-state index in [9.17, 15) is 14.4 Å². The maximum Gasteiger partial charge on any atom is 0.408 e. The van der Waals surface area contributed by atoms with Crippen molar-refractivity contribution in [2.24, 2.45) is 0 Å². The number of hydrogen-bond acceptors (Lipinski definition) is 6. The standard InChI is InChI=1S/C32H30N2O6/c1-23-8-4-10-26(18-23)21-33-31(36)39-16-6-12-25-14-15-28(29(20-25)30(35)38-3)13-7-17-40-32(37)34-22-27-11-5-9-24(2)19-27/h4-5,8-11,14-15,18-20H,16-17,21-22H2,1-3H3,(H,33,36)(H,34,37). The van der Waals surface area contributed by atoms with Gasteiger partial charge in [-0.2, -0.15) is 0 Å². The van der Waals surface area contributed by atoms with Crippen molar-refractivity contribution in [3.05, 3.63) is 106 Å². The molecule has 204 valence electrons. The van der Waals surface area contributed by atoms with Crippen LogP contribution in [0, 0.1) is 37.5 Å². The fourth-order valence-electron chi connectivity index (χ4n) is 3.58. The van der Waals surface area contributed by atoms with E-state index < -0.39 is 18.2 Å². The average Bonchev–Trinajstić information content (AvgIpc) is 2.95. The highest BCUT2D eigenvalue weighted by atomic mass is 16.6. The summed E-state index contributed by atoms with van der Waals surface area (Å²) in [4.78, 5) is 36.1. The lowest BCUT2D eigenvalue weighted by Gasteiger charge is -2.06. The number of carbonyl (C=O) groups is 3. The molecule has 0 atom stereocenters. The summed E-state index contributed by atoms with van der Waals surface area (Å²) in [5, 5.41) is 5.34. The number of hydrogen-bond donors (Lipinski definition) is 2. The molecule has 8 heteroatoms. The van der Waals surface area contributed by atoms with Crippen LogP contribution in [-0.2, 0) is 27.3 Å². The van der Waals surface area contributed by atoms with Crippen LogP contribution in [0.15, 0.2) is 66.7 Å². The van der Waals surface area contributed by atoms with E-state index in [-0.39, 0.29) is 18.8 Å². The summed E-state index contributed by atoms with van der Waals surface area (Å²) in [6, 6.07) is 20.4. The number of amides is 2. The molecule has 3 aromatic rings. The van der Waals surface area contributed by atoms with Crippen LogP contribution in [0.3, 0.4) is 0 Å². The molecule has 0 radical (unpaired) electrons. The van der Waals surface area contributed by atoms with Gasteiger partial charge in [-0.1, -0.05) is 83.3 Å². The third-order valence-electron chi connectivity index (χ3n) is 5.47. The van der Waals surface area contributed by atoms with Gasteiger partial charge in [0.2, 0.25) is 0 Å². The summed E-state index contributed by atoms with van der Waals surface area (Å²) in [5.41, 5.74) is 5.25. The largest absolute Gasteiger partial charge is 0.465 e. The zero-order valence-electron chi connectivity index (χ0n) is 22.6. The fourth-order valence-corrected chi connectivity index (χ4v) is 3.58. The molecular weight excluding hydrogens is 508 g/mol. The second kappa shape index (κ2) is 15.3. The molecule has 0 aromatic heterocycles. The second-order valence-corrected chi connectivity index (χ2v) is 8.69. The van der Waals surface area contributed by atoms with E-state index in [1.165, 1.54) is 13.2 Å². The lowest BCUT2D eigenvalue weighted by Crippen LogP contribution is -2.23. The number of ether oxygens (including phenoxy) is 3. The van der Waals surface area contributed by atoms with Crippen molar-refractivity contribution in [1.82, 2.24) is 10.6 Å². The normalized spacial score (nSPS) is 9.68. The summed E-state index contributed by atoms with van der Waals surface area (Å²) >= 11 is 0. The monoisotopic (exact) mass is 538 g/mol. The smallest absolute Gasteiger partial charge is 0.408 e. The first-order chi connectivity index (χ1) is 19.3. The Morgan fingerprint density at radius 3 is 1.80 bits per heavy atom. The van der Waals surface area contributed by atoms with Gasteiger partial charge in [-0.3, -0.25) is 0 Å². The maximum absolute atomic E-state index is 12.3. The zero-order chi connectivity index (χ0) is 28.7. The van der Waals surface area contributed by atoms with Crippen molar-refractivity contribution in [1.29, 1.82) is 0 Å². The molecule has 0 aliphatic carbocycles. The van der Waals surface area contributed by atoms with E-state index in [4.69, 9.17) is 14.2 Å². The van der Waals surface area contributed by atoms with E-state index in [0.717, 1.165) is 22.3 Å². The number of esters is 1. The lowest BCUT2D eigenvalue weighted by atomic mass is 10.0. The van der Waals surface area contributed by atoms with Crippen molar-refractivity contribution in [3.8, 4) is 23.7 Å². The Bertz CT molecular complexity index is 1490. The summed E-state index contributed by atoms with van der Waals surface area (Å²) in [7, 11) is 1.27. The molecule has 8 nitrogen and oxygen atoms in total. The van der Waals surface area contributed by atoms with Gasteiger partial charge in [0, 0.05) is 24.2 Å². The predicted octanol–water partition coefficient (Wildman–Crippen LogP) is 4.65. The fraction of sp³-hybridized carbons (Fsp3) is 0.219. The summed E-state index contributed by atoms with van der Waals surface area (Å²) in [6.07, 6.45) is -1.18. The SMILES string of the molecule is COC(=O)c1cc(C#CCOC(=O)NCc2cccc(C)c2)ccc1C#CCOC(=O)NCc1cccc(C)c1. The van der Waals surface area contributed by atoms with Gasteiger partial charge in [-0.25, -0.2) is 14.4 Å². The van der Waals surface area contributed by atoms with Crippen molar-refractivity contribution in [2.45, 2.75) is 26.9 Å². The van der Waals surface area contributed by atoms with E-state index in [1.807, 2.05) is 62.4 Å². The average molecular weight is 539 g/mol. The first kappa shape index (κ1) is 29.3. The molecule has 0 unspecified atom stereocenters. The van der Waals surface area contributed by atoms with Crippen LogP contribution in [0.4, 0.5) is 9.59 Å². The van der Waals surface area contributed by atoms with E-state index in [1.54, 1.807) is 12.1 Å². The zero-order valence-corrected chi connectivity index (χ0v) is 22.6. The minimum Gasteiger partial charge on any atom is -0.465 e. The topological polar surface area (TPSA) is 103 Å². The molecule has 40 heavy (non-hydrogen) atoms. The predicted molar refractivity (Wildman–Crippen MR) is 150 cm³/mol. The quantitative estimate of drug-likeness (QED) is 0.258.